The van der Waals surface area contributed by atoms with Crippen LogP contribution in [0.2, 0.25) is 0 Å². The molecule has 0 bridgehead atoms. The average molecular weight is 283 g/mol. The third-order valence-electron chi connectivity index (χ3n) is 3.81. The van der Waals surface area contributed by atoms with Crippen molar-refractivity contribution in [1.29, 1.82) is 5.26 Å². The number of hydrogen-bond donors (Lipinski definition) is 3. The summed E-state index contributed by atoms with van der Waals surface area (Å²) in [6.45, 7) is 2.13. The zero-order valence-corrected chi connectivity index (χ0v) is 11.8. The molecule has 2 atom stereocenters. The van der Waals surface area contributed by atoms with E-state index in [0.29, 0.717) is 23.1 Å². The molecule has 2 unspecified atom stereocenters. The van der Waals surface area contributed by atoms with Crippen LogP contribution in [0.3, 0.4) is 0 Å². The fourth-order valence-electron chi connectivity index (χ4n) is 2.63. The number of aromatic nitrogens is 1. The SMILES string of the molecule is CCC1CC(c2cc(-c3ccco3)nc(N)c2C#N)NN1. The van der Waals surface area contributed by atoms with E-state index in [0.717, 1.165) is 18.4 Å². The van der Waals surface area contributed by atoms with Crippen molar-refractivity contribution >= 4 is 5.82 Å². The van der Waals surface area contributed by atoms with Crippen LogP contribution in [0.1, 0.15) is 36.9 Å². The number of furan rings is 1. The Bertz CT molecular complexity index is 674. The van der Waals surface area contributed by atoms with Crippen molar-refractivity contribution in [2.24, 2.45) is 0 Å². The lowest BCUT2D eigenvalue weighted by atomic mass is 9.96. The molecule has 3 heterocycles. The number of nitrogens with two attached hydrogens (primary N) is 1. The van der Waals surface area contributed by atoms with Crippen LogP contribution in [0.5, 0.6) is 0 Å². The number of nitriles is 1. The molecule has 0 amide bonds. The molecule has 6 heteroatoms. The van der Waals surface area contributed by atoms with Gasteiger partial charge in [-0.25, -0.2) is 10.4 Å². The van der Waals surface area contributed by atoms with E-state index in [1.807, 2.05) is 12.1 Å². The number of nitrogen functional groups attached to an aromatic ring is 1. The van der Waals surface area contributed by atoms with Gasteiger partial charge >= 0.3 is 0 Å². The molecule has 0 radical (unpaired) electrons. The van der Waals surface area contributed by atoms with E-state index in [1.165, 1.54) is 0 Å². The van der Waals surface area contributed by atoms with Gasteiger partial charge in [-0.1, -0.05) is 6.92 Å². The molecule has 0 saturated carbocycles. The molecule has 21 heavy (non-hydrogen) atoms. The number of hydrazine groups is 1. The Morgan fingerprint density at radius 3 is 3.00 bits per heavy atom. The van der Waals surface area contributed by atoms with Crippen LogP contribution in [0.15, 0.2) is 28.9 Å². The Labute approximate surface area is 122 Å². The standard InChI is InChI=1S/C15H17N5O/c1-2-9-6-12(20-19-9)10-7-13(14-4-3-5-21-14)18-15(17)11(10)8-16/h3-5,7,9,12,19-20H,2,6H2,1H3,(H2,17,18). The molecule has 3 rings (SSSR count). The Morgan fingerprint density at radius 2 is 2.38 bits per heavy atom. The Kier molecular flexibility index (Phi) is 3.60. The molecule has 0 aliphatic carbocycles. The van der Waals surface area contributed by atoms with Gasteiger partial charge in [0.15, 0.2) is 5.76 Å². The van der Waals surface area contributed by atoms with Crippen LogP contribution in [0, 0.1) is 11.3 Å². The summed E-state index contributed by atoms with van der Waals surface area (Å²) in [5, 5.41) is 9.36. The van der Waals surface area contributed by atoms with Crippen molar-refractivity contribution in [3.05, 3.63) is 35.6 Å². The van der Waals surface area contributed by atoms with Crippen LogP contribution in [0.4, 0.5) is 5.82 Å². The highest BCUT2D eigenvalue weighted by Gasteiger charge is 2.27. The van der Waals surface area contributed by atoms with Crippen LogP contribution >= 0.6 is 0 Å². The van der Waals surface area contributed by atoms with Crippen LogP contribution < -0.4 is 16.6 Å². The average Bonchev–Trinajstić information content (AvgIpc) is 3.17. The second kappa shape index (κ2) is 5.56. The summed E-state index contributed by atoms with van der Waals surface area (Å²) in [5.41, 5.74) is 14.4. The van der Waals surface area contributed by atoms with Crippen molar-refractivity contribution in [1.82, 2.24) is 15.8 Å². The first-order chi connectivity index (χ1) is 10.2. The highest BCUT2D eigenvalue weighted by atomic mass is 16.3. The Hall–Kier alpha value is -2.36. The lowest BCUT2D eigenvalue weighted by Crippen LogP contribution is -2.30. The van der Waals surface area contributed by atoms with Crippen molar-refractivity contribution in [3.8, 4) is 17.5 Å². The smallest absolute Gasteiger partial charge is 0.152 e. The first-order valence-corrected chi connectivity index (χ1v) is 6.98. The summed E-state index contributed by atoms with van der Waals surface area (Å²) >= 11 is 0. The fraction of sp³-hybridized carbons (Fsp3) is 0.333. The van der Waals surface area contributed by atoms with Crippen molar-refractivity contribution < 1.29 is 4.42 Å². The predicted molar refractivity (Wildman–Crippen MR) is 78.8 cm³/mol. The second-order valence-corrected chi connectivity index (χ2v) is 5.13. The molecule has 108 valence electrons. The minimum Gasteiger partial charge on any atom is -0.463 e. The van der Waals surface area contributed by atoms with Gasteiger partial charge in [-0.05, 0) is 36.6 Å². The van der Waals surface area contributed by atoms with Crippen LogP contribution in [-0.4, -0.2) is 11.0 Å². The maximum absolute atomic E-state index is 9.36. The zero-order valence-electron chi connectivity index (χ0n) is 11.8. The van der Waals surface area contributed by atoms with E-state index in [1.54, 1.807) is 12.3 Å². The number of nitrogens with zero attached hydrogens (tertiary/aromatic N) is 2. The lowest BCUT2D eigenvalue weighted by molar-refractivity contribution is 0.532. The maximum atomic E-state index is 9.36. The van der Waals surface area contributed by atoms with E-state index in [4.69, 9.17) is 10.2 Å². The van der Waals surface area contributed by atoms with Gasteiger partial charge in [-0.15, -0.1) is 0 Å². The van der Waals surface area contributed by atoms with Gasteiger partial charge < -0.3 is 10.2 Å². The van der Waals surface area contributed by atoms with Gasteiger partial charge in [-0.2, -0.15) is 5.26 Å². The van der Waals surface area contributed by atoms with E-state index in [-0.39, 0.29) is 11.9 Å². The van der Waals surface area contributed by atoms with Gasteiger partial charge in [0.2, 0.25) is 0 Å². The number of hydrogen-bond acceptors (Lipinski definition) is 6. The molecule has 4 N–H and O–H groups in total. The molecule has 1 aliphatic heterocycles. The first kappa shape index (κ1) is 13.6. The van der Waals surface area contributed by atoms with Gasteiger partial charge in [0.1, 0.15) is 17.6 Å². The third kappa shape index (κ3) is 2.49. The second-order valence-electron chi connectivity index (χ2n) is 5.13. The summed E-state index contributed by atoms with van der Waals surface area (Å²) in [6.07, 6.45) is 3.52. The molecule has 0 aromatic carbocycles. The number of pyridine rings is 1. The van der Waals surface area contributed by atoms with E-state index in [2.05, 4.69) is 28.8 Å². The van der Waals surface area contributed by atoms with Crippen molar-refractivity contribution in [3.63, 3.8) is 0 Å². The van der Waals surface area contributed by atoms with E-state index >= 15 is 0 Å². The number of rotatable bonds is 3. The molecule has 1 aliphatic rings. The zero-order chi connectivity index (χ0) is 14.8. The first-order valence-electron chi connectivity index (χ1n) is 6.98. The third-order valence-corrected chi connectivity index (χ3v) is 3.81. The summed E-state index contributed by atoms with van der Waals surface area (Å²) < 4.78 is 5.37. The van der Waals surface area contributed by atoms with Gasteiger partial charge in [0.05, 0.1) is 11.8 Å². The normalized spacial score (nSPS) is 21.3. The molecule has 1 fully saturated rings. The quantitative estimate of drug-likeness (QED) is 0.797. The number of nitrogens with one attached hydrogen (secondary N) is 2. The Morgan fingerprint density at radius 1 is 1.52 bits per heavy atom. The minimum absolute atomic E-state index is 0.0450. The van der Waals surface area contributed by atoms with Gasteiger partial charge in [0.25, 0.3) is 0 Å². The molecule has 1 saturated heterocycles. The van der Waals surface area contributed by atoms with E-state index < -0.39 is 0 Å². The van der Waals surface area contributed by atoms with Crippen molar-refractivity contribution in [2.45, 2.75) is 31.8 Å². The summed E-state index contributed by atoms with van der Waals surface area (Å²) in [6, 6.07) is 8.10. The topological polar surface area (TPSA) is 99.9 Å². The van der Waals surface area contributed by atoms with Crippen LogP contribution in [-0.2, 0) is 0 Å². The molecular formula is C15H17N5O. The predicted octanol–water partition coefficient (Wildman–Crippen LogP) is 2.11. The summed E-state index contributed by atoms with van der Waals surface area (Å²) in [5.74, 6) is 0.883. The van der Waals surface area contributed by atoms with Crippen LogP contribution in [0.25, 0.3) is 11.5 Å². The highest BCUT2D eigenvalue weighted by Crippen LogP contribution is 2.31. The maximum Gasteiger partial charge on any atom is 0.152 e. The van der Waals surface area contributed by atoms with Gasteiger partial charge in [-0.3, -0.25) is 5.43 Å². The van der Waals surface area contributed by atoms with Crippen molar-refractivity contribution in [2.75, 3.05) is 5.73 Å². The highest BCUT2D eigenvalue weighted by molar-refractivity contribution is 5.63. The molecule has 0 spiro atoms. The molecule has 6 nitrogen and oxygen atoms in total. The summed E-state index contributed by atoms with van der Waals surface area (Å²) in [7, 11) is 0. The summed E-state index contributed by atoms with van der Waals surface area (Å²) in [4.78, 5) is 4.27. The largest absolute Gasteiger partial charge is 0.463 e. The van der Waals surface area contributed by atoms with E-state index in [9.17, 15) is 5.26 Å². The lowest BCUT2D eigenvalue weighted by Gasteiger charge is -2.14. The molecule has 2 aromatic rings. The fourth-order valence-corrected chi connectivity index (χ4v) is 2.63. The Balaban J connectivity index is 2.04. The number of anilines is 1. The molecular weight excluding hydrogens is 266 g/mol. The minimum atomic E-state index is 0.0450. The molecule has 2 aromatic heterocycles. The monoisotopic (exact) mass is 283 g/mol. The van der Waals surface area contributed by atoms with Gasteiger partial charge in [0, 0.05) is 12.1 Å².